The quantitative estimate of drug-likeness (QED) is 0.563. The predicted molar refractivity (Wildman–Crippen MR) is 123 cm³/mol. The van der Waals surface area contributed by atoms with Crippen molar-refractivity contribution in [2.75, 3.05) is 26.2 Å². The van der Waals surface area contributed by atoms with Gasteiger partial charge < -0.3 is 14.4 Å². The Kier molecular flexibility index (Phi) is 6.40. The minimum absolute atomic E-state index is 0.00412. The van der Waals surface area contributed by atoms with Crippen molar-refractivity contribution in [1.29, 1.82) is 0 Å². The van der Waals surface area contributed by atoms with Crippen LogP contribution < -0.4 is 0 Å². The van der Waals surface area contributed by atoms with Crippen LogP contribution in [0.3, 0.4) is 0 Å². The maximum atomic E-state index is 14.4. The molecular weight excluding hydrogens is 454 g/mol. The second-order valence-corrected chi connectivity index (χ2v) is 8.74. The number of carbonyl (C=O) groups excluding carboxylic acids is 2. The molecule has 0 unspecified atom stereocenters. The first-order valence-corrected chi connectivity index (χ1v) is 11.2. The largest absolute Gasteiger partial charge is 0.339 e. The van der Waals surface area contributed by atoms with E-state index >= 15 is 0 Å². The molecule has 0 spiro atoms. The van der Waals surface area contributed by atoms with Crippen molar-refractivity contribution in [3.8, 4) is 0 Å². The number of aromatic nitrogens is 2. The fourth-order valence-electron chi connectivity index (χ4n) is 4.13. The van der Waals surface area contributed by atoms with E-state index in [0.29, 0.717) is 58.6 Å². The van der Waals surface area contributed by atoms with Gasteiger partial charge in [-0.15, -0.1) is 0 Å². The molecule has 1 aromatic heterocycles. The number of imidazole rings is 1. The van der Waals surface area contributed by atoms with Crippen molar-refractivity contribution in [2.24, 2.45) is 0 Å². The highest BCUT2D eigenvalue weighted by atomic mass is 35.5. The molecule has 1 fully saturated rings. The van der Waals surface area contributed by atoms with Gasteiger partial charge in [0.25, 0.3) is 0 Å². The van der Waals surface area contributed by atoms with E-state index in [1.165, 1.54) is 13.0 Å². The van der Waals surface area contributed by atoms with Crippen LogP contribution >= 0.6 is 23.2 Å². The molecule has 4 rings (SSSR count). The van der Waals surface area contributed by atoms with Gasteiger partial charge in [-0.05, 0) is 30.7 Å². The monoisotopic (exact) mass is 476 g/mol. The fourth-order valence-corrected chi connectivity index (χ4v) is 4.44. The van der Waals surface area contributed by atoms with Crippen LogP contribution in [0.2, 0.25) is 10.0 Å². The highest BCUT2D eigenvalue weighted by Gasteiger charge is 2.29. The lowest BCUT2D eigenvalue weighted by Gasteiger charge is -2.36. The Morgan fingerprint density at radius 3 is 2.34 bits per heavy atom. The van der Waals surface area contributed by atoms with Crippen molar-refractivity contribution in [2.45, 2.75) is 26.3 Å². The average Bonchev–Trinajstić information content (AvgIpc) is 3.11. The van der Waals surface area contributed by atoms with Crippen molar-refractivity contribution in [3.05, 3.63) is 63.6 Å². The average molecular weight is 477 g/mol. The van der Waals surface area contributed by atoms with Crippen LogP contribution in [-0.4, -0.2) is 57.3 Å². The minimum Gasteiger partial charge on any atom is -0.339 e. The number of hydrogen-bond donors (Lipinski definition) is 0. The summed E-state index contributed by atoms with van der Waals surface area (Å²) < 4.78 is 16.2. The summed E-state index contributed by atoms with van der Waals surface area (Å²) in [7, 11) is 0. The summed E-state index contributed by atoms with van der Waals surface area (Å²) in [5.74, 6) is 0.131. The Hall–Kier alpha value is -2.64. The molecule has 6 nitrogen and oxygen atoms in total. The SMILES string of the molecule is CC(=O)N1CCN(C(=O)[C@@H](C)n2c(Cc3ccccc3F)nc3cc(Cl)c(Cl)cc32)CC1. The molecule has 0 radical (unpaired) electrons. The molecule has 1 aliphatic heterocycles. The number of hydrogen-bond acceptors (Lipinski definition) is 3. The third-order valence-electron chi connectivity index (χ3n) is 5.89. The molecule has 32 heavy (non-hydrogen) atoms. The first-order chi connectivity index (χ1) is 15.3. The van der Waals surface area contributed by atoms with E-state index in [9.17, 15) is 14.0 Å². The van der Waals surface area contributed by atoms with Crippen molar-refractivity contribution >= 4 is 46.0 Å². The highest BCUT2D eigenvalue weighted by molar-refractivity contribution is 6.42. The molecule has 9 heteroatoms. The van der Waals surface area contributed by atoms with Crippen molar-refractivity contribution < 1.29 is 14.0 Å². The number of rotatable bonds is 4. The summed E-state index contributed by atoms with van der Waals surface area (Å²) >= 11 is 12.5. The molecule has 1 aliphatic rings. The molecule has 168 valence electrons. The van der Waals surface area contributed by atoms with Gasteiger partial charge in [-0.2, -0.15) is 0 Å². The van der Waals surface area contributed by atoms with Crippen LogP contribution in [0.25, 0.3) is 11.0 Å². The molecule has 1 saturated heterocycles. The zero-order chi connectivity index (χ0) is 23.0. The Bertz CT molecular complexity index is 1190. The zero-order valence-electron chi connectivity index (χ0n) is 17.8. The van der Waals surface area contributed by atoms with Crippen LogP contribution in [0.5, 0.6) is 0 Å². The Balaban J connectivity index is 1.71. The lowest BCUT2D eigenvalue weighted by Crippen LogP contribution is -2.51. The summed E-state index contributed by atoms with van der Waals surface area (Å²) in [6.07, 6.45) is 0.215. The molecule has 0 N–H and O–H groups in total. The van der Waals surface area contributed by atoms with Crippen LogP contribution in [0, 0.1) is 5.82 Å². The van der Waals surface area contributed by atoms with E-state index < -0.39 is 6.04 Å². The predicted octanol–water partition coefficient (Wildman–Crippen LogP) is 4.32. The maximum Gasteiger partial charge on any atom is 0.245 e. The van der Waals surface area contributed by atoms with Gasteiger partial charge >= 0.3 is 0 Å². The number of benzene rings is 2. The standard InChI is InChI=1S/C23H23Cl2FN4O2/c1-14(23(32)29-9-7-28(8-10-29)15(2)31)30-21-13-18(25)17(24)12-20(21)27-22(30)11-16-5-3-4-6-19(16)26/h3-6,12-14H,7-11H2,1-2H3/t14-/m1/s1. The van der Waals surface area contributed by atoms with Crippen LogP contribution in [-0.2, 0) is 16.0 Å². The van der Waals surface area contributed by atoms with E-state index in [1.54, 1.807) is 47.1 Å². The molecule has 0 saturated carbocycles. The second-order valence-electron chi connectivity index (χ2n) is 7.93. The van der Waals surface area contributed by atoms with Gasteiger partial charge in [0.1, 0.15) is 17.7 Å². The number of nitrogens with zero attached hydrogens (tertiary/aromatic N) is 4. The van der Waals surface area contributed by atoms with Crippen molar-refractivity contribution in [1.82, 2.24) is 19.4 Å². The van der Waals surface area contributed by atoms with Gasteiger partial charge in [0.15, 0.2) is 0 Å². The summed E-state index contributed by atoms with van der Waals surface area (Å²) in [5.41, 5.74) is 1.73. The summed E-state index contributed by atoms with van der Waals surface area (Å²) in [4.78, 5) is 33.1. The highest BCUT2D eigenvalue weighted by Crippen LogP contribution is 2.31. The van der Waals surface area contributed by atoms with E-state index in [0.717, 1.165) is 0 Å². The van der Waals surface area contributed by atoms with Gasteiger partial charge in [0, 0.05) is 39.5 Å². The zero-order valence-corrected chi connectivity index (χ0v) is 19.3. The molecule has 2 amide bonds. The van der Waals surface area contributed by atoms with Crippen LogP contribution in [0.4, 0.5) is 4.39 Å². The summed E-state index contributed by atoms with van der Waals surface area (Å²) in [6.45, 7) is 5.26. The lowest BCUT2D eigenvalue weighted by molar-refractivity contribution is -0.140. The Morgan fingerprint density at radius 1 is 1.06 bits per heavy atom. The van der Waals surface area contributed by atoms with Crippen LogP contribution in [0.15, 0.2) is 36.4 Å². The molecule has 3 aromatic rings. The molecule has 2 heterocycles. The molecule has 1 atom stereocenters. The van der Waals surface area contributed by atoms with Crippen LogP contribution in [0.1, 0.15) is 31.3 Å². The summed E-state index contributed by atoms with van der Waals surface area (Å²) in [6, 6.07) is 9.25. The smallest absolute Gasteiger partial charge is 0.245 e. The van der Waals surface area contributed by atoms with Gasteiger partial charge in [-0.3, -0.25) is 9.59 Å². The first-order valence-electron chi connectivity index (χ1n) is 10.4. The number of carbonyl (C=O) groups is 2. The maximum absolute atomic E-state index is 14.4. The van der Waals surface area contributed by atoms with E-state index in [-0.39, 0.29) is 24.1 Å². The topological polar surface area (TPSA) is 58.4 Å². The third-order valence-corrected chi connectivity index (χ3v) is 6.61. The van der Waals surface area contributed by atoms with Gasteiger partial charge in [-0.25, -0.2) is 9.37 Å². The van der Waals surface area contributed by atoms with Gasteiger partial charge in [-0.1, -0.05) is 41.4 Å². The number of fused-ring (bicyclic) bond motifs is 1. The Labute approximate surface area is 195 Å². The molecule has 0 aliphatic carbocycles. The first kappa shape index (κ1) is 22.6. The van der Waals surface area contributed by atoms with E-state index in [4.69, 9.17) is 23.2 Å². The fraction of sp³-hybridized carbons (Fsp3) is 0.348. The number of piperazine rings is 1. The van der Waals surface area contributed by atoms with Gasteiger partial charge in [0.05, 0.1) is 21.1 Å². The normalized spacial score (nSPS) is 15.3. The number of halogens is 3. The van der Waals surface area contributed by atoms with Gasteiger partial charge in [0.2, 0.25) is 11.8 Å². The second kappa shape index (κ2) is 9.08. The summed E-state index contributed by atoms with van der Waals surface area (Å²) in [5, 5.41) is 0.716. The minimum atomic E-state index is -0.595. The van der Waals surface area contributed by atoms with E-state index in [2.05, 4.69) is 4.98 Å². The molecular formula is C23H23Cl2FN4O2. The third kappa shape index (κ3) is 4.32. The lowest BCUT2D eigenvalue weighted by atomic mass is 10.1. The van der Waals surface area contributed by atoms with Crippen molar-refractivity contribution in [3.63, 3.8) is 0 Å². The van der Waals surface area contributed by atoms with E-state index in [1.807, 2.05) is 4.57 Å². The number of amides is 2. The molecule has 2 aromatic carbocycles. The Morgan fingerprint density at radius 2 is 1.69 bits per heavy atom. The molecule has 0 bridgehead atoms.